The second kappa shape index (κ2) is 10.5. The number of fused-ring (bicyclic) bond motifs is 1. The van der Waals surface area contributed by atoms with E-state index in [1.165, 1.54) is 68.3 Å². The molecule has 0 unspecified atom stereocenters. The number of rotatable bonds is 8. The van der Waals surface area contributed by atoms with E-state index in [9.17, 15) is 5.11 Å². The number of likely N-dealkylation sites (tertiary alicyclic amines) is 1. The van der Waals surface area contributed by atoms with Gasteiger partial charge in [0.2, 0.25) is 5.95 Å². The van der Waals surface area contributed by atoms with Crippen LogP contribution >= 0.6 is 0 Å². The van der Waals surface area contributed by atoms with E-state index in [0.717, 1.165) is 55.1 Å². The standard InChI is InChI=1S/C30H41N5O/c1-21(17-22-5-6-22)32-30-31-18-27-28(20-35(29(27)33-30)25-11-13-26(36)14-12-25)24-9-7-23(8-10-24)19-34-15-3-2-4-16-34/h7-10,18,20-22,25-26,36H,2-6,11-17,19H2,1H3,(H,31,32,33)/t21-,25-,26-/m0/s1. The summed E-state index contributed by atoms with van der Waals surface area (Å²) in [5, 5.41) is 14.8. The van der Waals surface area contributed by atoms with Crippen LogP contribution in [0.3, 0.4) is 0 Å². The average molecular weight is 488 g/mol. The molecule has 6 heteroatoms. The van der Waals surface area contributed by atoms with Crippen molar-refractivity contribution < 1.29 is 5.11 Å². The van der Waals surface area contributed by atoms with Gasteiger partial charge in [-0.25, -0.2) is 4.98 Å². The van der Waals surface area contributed by atoms with Crippen LogP contribution < -0.4 is 5.32 Å². The van der Waals surface area contributed by atoms with Crippen LogP contribution in [-0.4, -0.2) is 49.8 Å². The van der Waals surface area contributed by atoms with E-state index in [-0.39, 0.29) is 6.10 Å². The minimum absolute atomic E-state index is 0.162. The second-order valence-corrected chi connectivity index (χ2v) is 11.6. The first kappa shape index (κ1) is 23.9. The smallest absolute Gasteiger partial charge is 0.224 e. The normalized spacial score (nSPS) is 24.2. The third-order valence-corrected chi connectivity index (χ3v) is 8.51. The maximum Gasteiger partial charge on any atom is 0.224 e. The van der Waals surface area contributed by atoms with Crippen molar-refractivity contribution in [3.63, 3.8) is 0 Å². The largest absolute Gasteiger partial charge is 0.393 e. The van der Waals surface area contributed by atoms with Gasteiger partial charge < -0.3 is 15.0 Å². The van der Waals surface area contributed by atoms with E-state index in [2.05, 4.69) is 52.2 Å². The first-order valence-electron chi connectivity index (χ1n) is 14.3. The third-order valence-electron chi connectivity index (χ3n) is 8.51. The van der Waals surface area contributed by atoms with Gasteiger partial charge in [0.1, 0.15) is 5.65 Å². The first-order chi connectivity index (χ1) is 17.6. The topological polar surface area (TPSA) is 66.2 Å². The van der Waals surface area contributed by atoms with Gasteiger partial charge >= 0.3 is 0 Å². The number of aliphatic hydroxyl groups is 1. The molecule has 1 aliphatic heterocycles. The third kappa shape index (κ3) is 5.45. The molecule has 6 nitrogen and oxygen atoms in total. The van der Waals surface area contributed by atoms with Crippen molar-refractivity contribution in [1.29, 1.82) is 0 Å². The Bertz CT molecular complexity index is 1150. The molecule has 2 aliphatic carbocycles. The van der Waals surface area contributed by atoms with Crippen LogP contribution in [0.2, 0.25) is 0 Å². The van der Waals surface area contributed by atoms with Crippen molar-refractivity contribution in [2.45, 2.75) is 95.9 Å². The average Bonchev–Trinajstić information content (AvgIpc) is 3.63. The van der Waals surface area contributed by atoms with Gasteiger partial charge in [-0.05, 0) is 82.0 Å². The summed E-state index contributed by atoms with van der Waals surface area (Å²) in [6.45, 7) is 5.73. The summed E-state index contributed by atoms with van der Waals surface area (Å²) in [5.41, 5.74) is 4.83. The summed E-state index contributed by atoms with van der Waals surface area (Å²) in [6, 6.07) is 9.88. The van der Waals surface area contributed by atoms with Crippen LogP contribution in [0, 0.1) is 5.92 Å². The molecule has 0 amide bonds. The van der Waals surface area contributed by atoms with Gasteiger partial charge in [0.05, 0.1) is 6.10 Å². The molecule has 0 radical (unpaired) electrons. The molecule has 36 heavy (non-hydrogen) atoms. The predicted octanol–water partition coefficient (Wildman–Crippen LogP) is 6.16. The monoisotopic (exact) mass is 487 g/mol. The summed E-state index contributed by atoms with van der Waals surface area (Å²) in [6.07, 6.45) is 15.8. The minimum Gasteiger partial charge on any atom is -0.393 e. The molecule has 2 aromatic heterocycles. The van der Waals surface area contributed by atoms with Gasteiger partial charge in [0.25, 0.3) is 0 Å². The number of nitrogens with zero attached hydrogens (tertiary/aromatic N) is 4. The first-order valence-corrected chi connectivity index (χ1v) is 14.3. The van der Waals surface area contributed by atoms with Gasteiger partial charge in [-0.1, -0.05) is 43.5 Å². The Morgan fingerprint density at radius 2 is 1.75 bits per heavy atom. The summed E-state index contributed by atoms with van der Waals surface area (Å²) < 4.78 is 2.37. The Morgan fingerprint density at radius 3 is 2.47 bits per heavy atom. The highest BCUT2D eigenvalue weighted by atomic mass is 16.3. The van der Waals surface area contributed by atoms with Gasteiger partial charge in [-0.3, -0.25) is 4.90 Å². The number of hydrogen-bond acceptors (Lipinski definition) is 5. The fraction of sp³-hybridized carbons (Fsp3) is 0.600. The molecule has 1 atom stereocenters. The minimum atomic E-state index is -0.162. The number of piperidine rings is 1. The van der Waals surface area contributed by atoms with Gasteiger partial charge in [0.15, 0.2) is 0 Å². The Morgan fingerprint density at radius 1 is 1.00 bits per heavy atom. The highest BCUT2D eigenvalue weighted by Crippen LogP contribution is 2.37. The maximum absolute atomic E-state index is 10.1. The molecule has 2 saturated carbocycles. The molecule has 2 N–H and O–H groups in total. The number of benzene rings is 1. The zero-order valence-electron chi connectivity index (χ0n) is 21.7. The second-order valence-electron chi connectivity index (χ2n) is 11.6. The van der Waals surface area contributed by atoms with Gasteiger partial charge in [-0.2, -0.15) is 4.98 Å². The van der Waals surface area contributed by atoms with Crippen molar-refractivity contribution in [2.24, 2.45) is 5.92 Å². The SMILES string of the molecule is C[C@@H](CC1CC1)Nc1ncc2c(-c3ccc(CN4CCCCC4)cc3)cn([C@H]3CC[C@H](O)CC3)c2n1. The quantitative estimate of drug-likeness (QED) is 0.398. The van der Waals surface area contributed by atoms with E-state index in [0.29, 0.717) is 12.1 Å². The Kier molecular flexibility index (Phi) is 6.98. The van der Waals surface area contributed by atoms with E-state index in [1.807, 2.05) is 6.20 Å². The van der Waals surface area contributed by atoms with E-state index < -0.39 is 0 Å². The number of hydrogen-bond donors (Lipinski definition) is 2. The van der Waals surface area contributed by atoms with Crippen molar-refractivity contribution in [3.05, 3.63) is 42.2 Å². The summed E-state index contributed by atoms with van der Waals surface area (Å²) in [4.78, 5) is 12.4. The molecular weight excluding hydrogens is 446 g/mol. The molecule has 1 aromatic carbocycles. The van der Waals surface area contributed by atoms with Crippen molar-refractivity contribution in [3.8, 4) is 11.1 Å². The molecule has 0 bridgehead atoms. The molecule has 3 heterocycles. The van der Waals surface area contributed by atoms with E-state index in [4.69, 9.17) is 9.97 Å². The van der Waals surface area contributed by atoms with Crippen LogP contribution in [0.25, 0.3) is 22.2 Å². The van der Waals surface area contributed by atoms with Crippen LogP contribution in [0.4, 0.5) is 5.95 Å². The Labute approximate surface area is 215 Å². The highest BCUT2D eigenvalue weighted by Gasteiger charge is 2.26. The lowest BCUT2D eigenvalue weighted by Crippen LogP contribution is -2.28. The zero-order valence-corrected chi connectivity index (χ0v) is 21.7. The molecule has 3 fully saturated rings. The van der Waals surface area contributed by atoms with Gasteiger partial charge in [0, 0.05) is 42.0 Å². The lowest BCUT2D eigenvalue weighted by molar-refractivity contribution is 0.111. The van der Waals surface area contributed by atoms with Crippen LogP contribution in [0.1, 0.15) is 82.7 Å². The van der Waals surface area contributed by atoms with Crippen LogP contribution in [-0.2, 0) is 6.54 Å². The number of nitrogens with one attached hydrogen (secondary N) is 1. The van der Waals surface area contributed by atoms with Crippen molar-refractivity contribution >= 4 is 17.0 Å². The summed E-state index contributed by atoms with van der Waals surface area (Å²) in [5.74, 6) is 1.60. The van der Waals surface area contributed by atoms with E-state index >= 15 is 0 Å². The molecule has 3 aliphatic rings. The van der Waals surface area contributed by atoms with Crippen molar-refractivity contribution in [2.75, 3.05) is 18.4 Å². The van der Waals surface area contributed by atoms with Gasteiger partial charge in [-0.15, -0.1) is 0 Å². The number of aromatic nitrogens is 3. The molecule has 3 aromatic rings. The fourth-order valence-corrected chi connectivity index (χ4v) is 6.24. The zero-order chi connectivity index (χ0) is 24.5. The molecule has 192 valence electrons. The van der Waals surface area contributed by atoms with Crippen LogP contribution in [0.15, 0.2) is 36.7 Å². The fourth-order valence-electron chi connectivity index (χ4n) is 6.24. The summed E-state index contributed by atoms with van der Waals surface area (Å²) in [7, 11) is 0. The molecule has 6 rings (SSSR count). The molecule has 1 saturated heterocycles. The maximum atomic E-state index is 10.1. The Balaban J connectivity index is 1.28. The predicted molar refractivity (Wildman–Crippen MR) is 146 cm³/mol. The highest BCUT2D eigenvalue weighted by molar-refractivity contribution is 5.94. The lowest BCUT2D eigenvalue weighted by atomic mass is 9.93. The number of aliphatic hydroxyl groups excluding tert-OH is 1. The van der Waals surface area contributed by atoms with Crippen molar-refractivity contribution in [1.82, 2.24) is 19.4 Å². The molecule has 0 spiro atoms. The van der Waals surface area contributed by atoms with E-state index in [1.54, 1.807) is 0 Å². The van der Waals surface area contributed by atoms with Crippen LogP contribution in [0.5, 0.6) is 0 Å². The molecular formula is C30H41N5O. The lowest BCUT2D eigenvalue weighted by Gasteiger charge is -2.27. The Hall–Kier alpha value is -2.44. The number of anilines is 1. The summed E-state index contributed by atoms with van der Waals surface area (Å²) >= 11 is 0.